The Balaban J connectivity index is 0.00000580. The van der Waals surface area contributed by atoms with Crippen LogP contribution in [0.2, 0.25) is 5.15 Å². The van der Waals surface area contributed by atoms with Crippen molar-refractivity contribution in [1.29, 1.82) is 0 Å². The van der Waals surface area contributed by atoms with Gasteiger partial charge in [0.05, 0.1) is 32.2 Å². The number of hydrogen-bond donors (Lipinski definition) is 5. The number of nitrogen functional groups attached to an aromatic ring is 2. The average molecular weight is 905 g/mol. The number of halogens is 4. The van der Waals surface area contributed by atoms with E-state index in [0.717, 1.165) is 82.3 Å². The van der Waals surface area contributed by atoms with Gasteiger partial charge >= 0.3 is 0 Å². The molecule has 2 aromatic carbocycles. The van der Waals surface area contributed by atoms with Crippen LogP contribution in [0.5, 0.6) is 11.5 Å². The fraction of sp³-hybridized carbons (Fsp3) is 0.525. The monoisotopic (exact) mass is 902 g/mol. The van der Waals surface area contributed by atoms with E-state index < -0.39 is 5.91 Å². The molecular formula is C40H62Cl4N10O5. The van der Waals surface area contributed by atoms with Crippen molar-refractivity contribution in [2.75, 3.05) is 105 Å². The van der Waals surface area contributed by atoms with Crippen LogP contribution >= 0.6 is 36.4 Å². The van der Waals surface area contributed by atoms with Gasteiger partial charge < -0.3 is 63.6 Å². The summed E-state index contributed by atoms with van der Waals surface area (Å²) in [5.41, 5.74) is 14.1. The van der Waals surface area contributed by atoms with Crippen molar-refractivity contribution >= 4 is 65.8 Å². The van der Waals surface area contributed by atoms with Crippen molar-refractivity contribution in [2.45, 2.75) is 44.6 Å². The van der Waals surface area contributed by atoms with E-state index in [0.29, 0.717) is 24.6 Å². The normalized spacial score (nSPS) is 14.3. The Kier molecular flexibility index (Phi) is 24.4. The number of aryl methyl sites for hydroxylation is 2. The number of nitrogens with zero attached hydrogens (tertiary/aromatic N) is 5. The van der Waals surface area contributed by atoms with Crippen LogP contribution in [0.25, 0.3) is 0 Å². The van der Waals surface area contributed by atoms with Crippen LogP contribution in [0.1, 0.15) is 47.3 Å². The predicted octanol–water partition coefficient (Wildman–Crippen LogP) is 0.230. The summed E-state index contributed by atoms with van der Waals surface area (Å²) in [7, 11) is 7.84. The van der Waals surface area contributed by atoms with E-state index in [1.807, 2.05) is 62.3 Å². The first-order chi connectivity index (χ1) is 26.8. The minimum atomic E-state index is -0.413. The Morgan fingerprint density at radius 3 is 1.71 bits per heavy atom. The third-order valence-electron chi connectivity index (χ3n) is 9.79. The third-order valence-corrected chi connectivity index (χ3v) is 10.1. The Morgan fingerprint density at radius 2 is 1.25 bits per heavy atom. The van der Waals surface area contributed by atoms with Gasteiger partial charge in [0.25, 0.3) is 17.7 Å². The number of likely N-dealkylation sites (tertiary alicyclic amines) is 1. The summed E-state index contributed by atoms with van der Waals surface area (Å²) >= 11 is 6.07. The molecule has 2 heterocycles. The van der Waals surface area contributed by atoms with Crippen LogP contribution in [0.3, 0.4) is 0 Å². The lowest BCUT2D eigenvalue weighted by molar-refractivity contribution is -0.933. The molecule has 3 aromatic rings. The number of nitrogens with one attached hydrogen (secondary N) is 3. The van der Waals surface area contributed by atoms with Gasteiger partial charge in [0, 0.05) is 39.0 Å². The standard InChI is InChI=1S/C40H59ClN10O5.3ClH/c1-49(2)21-19-44-34(52)27-55-32-15-11-29(12-16-32)8-5-23-51(25-7-10-31(26-51)46-40(54)36-38(42)48-39(43)37(41)47-36)24-6-9-30-13-17-33(18-14-30)56-28-35(53)45-20-22-50(3)4;;;/h11-18,31H,5-10,19-28H2,1-4H3,(H6-,42,43,44,45,46,48,52,53,54);3*1H. The molecule has 0 radical (unpaired) electrons. The third kappa shape index (κ3) is 19.0. The lowest BCUT2D eigenvalue weighted by atomic mass is 9.99. The highest BCUT2D eigenvalue weighted by Crippen LogP contribution is 2.25. The summed E-state index contributed by atoms with van der Waals surface area (Å²) in [6.45, 7) is 6.30. The van der Waals surface area contributed by atoms with E-state index in [1.165, 1.54) is 11.1 Å². The van der Waals surface area contributed by atoms with Crippen molar-refractivity contribution in [3.8, 4) is 11.5 Å². The number of amides is 3. The quantitative estimate of drug-likeness (QED) is 0.0869. The second-order valence-electron chi connectivity index (χ2n) is 15.0. The van der Waals surface area contributed by atoms with Crippen LogP contribution in [0.4, 0.5) is 11.6 Å². The largest absolute Gasteiger partial charge is 1.00 e. The van der Waals surface area contributed by atoms with Gasteiger partial charge in [0.2, 0.25) is 0 Å². The van der Waals surface area contributed by atoms with Gasteiger partial charge in [-0.3, -0.25) is 14.4 Å². The van der Waals surface area contributed by atoms with Gasteiger partial charge in [0.15, 0.2) is 35.7 Å². The first kappa shape index (κ1) is 53.2. The Morgan fingerprint density at radius 1 is 0.780 bits per heavy atom. The number of hydrogen-bond acceptors (Lipinski definition) is 11. The summed E-state index contributed by atoms with van der Waals surface area (Å²) in [5, 5.41) is 8.81. The van der Waals surface area contributed by atoms with E-state index in [4.69, 9.17) is 32.5 Å². The number of quaternary nitrogens is 1. The van der Waals surface area contributed by atoms with Crippen LogP contribution in [-0.4, -0.2) is 142 Å². The number of nitrogens with two attached hydrogens (primary N) is 2. The Bertz CT molecular complexity index is 1640. The topological polar surface area (TPSA) is 190 Å². The number of ether oxygens (including phenoxy) is 2. The van der Waals surface area contributed by atoms with Gasteiger partial charge in [-0.15, -0.1) is 24.8 Å². The first-order valence-electron chi connectivity index (χ1n) is 19.3. The van der Waals surface area contributed by atoms with Crippen molar-refractivity contribution in [1.82, 2.24) is 35.7 Å². The molecule has 4 rings (SSSR count). The highest BCUT2D eigenvalue weighted by molar-refractivity contribution is 6.31. The van der Waals surface area contributed by atoms with Gasteiger partial charge in [-0.25, -0.2) is 9.97 Å². The van der Waals surface area contributed by atoms with Crippen LogP contribution < -0.4 is 49.3 Å². The zero-order chi connectivity index (χ0) is 40.5. The summed E-state index contributed by atoms with van der Waals surface area (Å²) in [6, 6.07) is 15.8. The number of piperidine rings is 1. The molecule has 1 atom stereocenters. The Labute approximate surface area is 372 Å². The maximum absolute atomic E-state index is 13.3. The number of carbonyl (C=O) groups excluding carboxylic acids is 3. The van der Waals surface area contributed by atoms with Gasteiger partial charge in [0.1, 0.15) is 11.5 Å². The molecule has 1 saturated heterocycles. The van der Waals surface area contributed by atoms with Crippen molar-refractivity contribution in [3.63, 3.8) is 0 Å². The summed E-state index contributed by atoms with van der Waals surface area (Å²) in [4.78, 5) is 49.6. The zero-order valence-electron chi connectivity index (χ0n) is 34.5. The van der Waals surface area contributed by atoms with Crippen molar-refractivity contribution in [3.05, 3.63) is 70.5 Å². The molecule has 1 aliphatic rings. The zero-order valence-corrected chi connectivity index (χ0v) is 37.7. The Hall–Kier alpha value is -3.83. The fourth-order valence-corrected chi connectivity index (χ4v) is 6.93. The molecule has 330 valence electrons. The van der Waals surface area contributed by atoms with Gasteiger partial charge in [-0.2, -0.15) is 0 Å². The van der Waals surface area contributed by atoms with Crippen molar-refractivity contribution < 1.29 is 40.7 Å². The number of rotatable bonds is 22. The lowest BCUT2D eigenvalue weighted by Gasteiger charge is -2.45. The number of benzene rings is 2. The van der Waals surface area contributed by atoms with E-state index in [9.17, 15) is 14.4 Å². The molecule has 0 bridgehead atoms. The summed E-state index contributed by atoms with van der Waals surface area (Å²) in [5.74, 6) is 0.534. The molecule has 19 heteroatoms. The molecule has 59 heavy (non-hydrogen) atoms. The van der Waals surface area contributed by atoms with E-state index >= 15 is 0 Å². The van der Waals surface area contributed by atoms with E-state index in [1.54, 1.807) is 0 Å². The molecule has 0 spiro atoms. The smallest absolute Gasteiger partial charge is 0.274 e. The van der Waals surface area contributed by atoms with Crippen LogP contribution in [-0.2, 0) is 22.4 Å². The molecular weight excluding hydrogens is 842 g/mol. The van der Waals surface area contributed by atoms with Crippen LogP contribution in [0, 0.1) is 0 Å². The second-order valence-corrected chi connectivity index (χ2v) is 15.4. The molecule has 0 aliphatic carbocycles. The fourth-order valence-electron chi connectivity index (χ4n) is 6.80. The molecule has 1 fully saturated rings. The highest BCUT2D eigenvalue weighted by atomic mass is 35.5. The predicted molar refractivity (Wildman–Crippen MR) is 234 cm³/mol. The number of carbonyl (C=O) groups is 3. The molecule has 0 saturated carbocycles. The molecule has 1 aromatic heterocycles. The van der Waals surface area contributed by atoms with Crippen molar-refractivity contribution in [2.24, 2.45) is 0 Å². The molecule has 7 N–H and O–H groups in total. The minimum absolute atomic E-state index is 0. The molecule has 15 nitrogen and oxygen atoms in total. The van der Waals surface area contributed by atoms with E-state index in [2.05, 4.69) is 50.2 Å². The summed E-state index contributed by atoms with van der Waals surface area (Å²) in [6.07, 6.45) is 5.47. The SMILES string of the molecule is CN(C)CCNC(=O)COc1ccc(CCC[N+]2(CCCc3ccc(OCC(=O)NCCN(C)C)cc3)CCCC(NC(=O)c3nc(Cl)c(N)nc3N)C2)cc1.Cl.Cl.[Cl-]. The van der Waals surface area contributed by atoms with Gasteiger partial charge in [-0.05, 0) is 89.3 Å². The molecule has 3 amide bonds. The van der Waals surface area contributed by atoms with Crippen LogP contribution in [0.15, 0.2) is 48.5 Å². The van der Waals surface area contributed by atoms with E-state index in [-0.39, 0.29) is 90.8 Å². The average Bonchev–Trinajstić information content (AvgIpc) is 3.15. The van der Waals surface area contributed by atoms with Gasteiger partial charge in [-0.1, -0.05) is 35.9 Å². The molecule has 1 aliphatic heterocycles. The lowest BCUT2D eigenvalue weighted by Crippen LogP contribution is -3.00. The minimum Gasteiger partial charge on any atom is -1.00 e. The maximum atomic E-state index is 13.3. The number of aromatic nitrogens is 2. The highest BCUT2D eigenvalue weighted by Gasteiger charge is 2.35. The second kappa shape index (κ2) is 27.1. The number of anilines is 2. The number of likely N-dealkylation sites (N-methyl/N-ethyl adjacent to an activating group) is 2. The first-order valence-corrected chi connectivity index (χ1v) is 19.7. The summed E-state index contributed by atoms with van der Waals surface area (Å²) < 4.78 is 12.3. The maximum Gasteiger partial charge on any atom is 0.274 e. The molecule has 1 unspecified atom stereocenters.